The van der Waals surface area contributed by atoms with E-state index in [0.29, 0.717) is 0 Å². The van der Waals surface area contributed by atoms with Crippen molar-refractivity contribution in [3.05, 3.63) is 0 Å². The zero-order valence-corrected chi connectivity index (χ0v) is 5.17. The average molecular weight is 123 g/mol. The Bertz CT molecular complexity index is 163. The van der Waals surface area contributed by atoms with Gasteiger partial charge in [0.05, 0.1) is 12.1 Å². The molecule has 1 rings (SSSR count). The topological polar surface area (TPSA) is 32.6 Å². The van der Waals surface area contributed by atoms with E-state index >= 15 is 0 Å². The smallest absolute Gasteiger partial charge is 0.0589 e. The Balaban J connectivity index is 2.46. The molecule has 0 saturated heterocycles. The molecule has 1 atom stereocenters. The number of hydrogen-bond donors (Lipinski definition) is 1. The second kappa shape index (κ2) is 3.13. The first kappa shape index (κ1) is 6.15. The molecule has 48 valence electrons. The quantitative estimate of drug-likeness (QED) is 0.242. The van der Waals surface area contributed by atoms with Crippen LogP contribution in [0, 0.1) is 17.8 Å². The second-order valence-corrected chi connectivity index (χ2v) is 2.08. The van der Waals surface area contributed by atoms with Crippen LogP contribution >= 0.6 is 0 Å². The predicted octanol–water partition coefficient (Wildman–Crippen LogP) is 1.25. The molecule has 2 nitrogen and oxygen atoms in total. The van der Waals surface area contributed by atoms with Crippen molar-refractivity contribution in [3.8, 4) is 11.8 Å². The fraction of sp³-hybridized carbons (Fsp3) is 0.571. The van der Waals surface area contributed by atoms with Crippen molar-refractivity contribution in [1.29, 1.82) is 0 Å². The molecule has 9 heavy (non-hydrogen) atoms. The lowest BCUT2D eigenvalue weighted by molar-refractivity contribution is 0.319. The number of oxime groups is 1. The summed E-state index contributed by atoms with van der Waals surface area (Å²) in [7, 11) is 0. The standard InChI is InChI=1S/C7H9NO/c9-8-6-7-4-2-1-3-5-7/h6-7,9H,1-2,4H2. The minimum atomic E-state index is 0.198. The summed E-state index contributed by atoms with van der Waals surface area (Å²) < 4.78 is 0. The monoisotopic (exact) mass is 123 g/mol. The highest BCUT2D eigenvalue weighted by molar-refractivity contribution is 5.64. The van der Waals surface area contributed by atoms with Gasteiger partial charge in [-0.25, -0.2) is 0 Å². The lowest BCUT2D eigenvalue weighted by Crippen LogP contribution is -2.01. The van der Waals surface area contributed by atoms with Crippen LogP contribution in [-0.4, -0.2) is 11.4 Å². The summed E-state index contributed by atoms with van der Waals surface area (Å²) in [5.41, 5.74) is 0. The van der Waals surface area contributed by atoms with Crippen LogP contribution < -0.4 is 0 Å². The van der Waals surface area contributed by atoms with Crippen molar-refractivity contribution in [2.75, 3.05) is 0 Å². The first-order chi connectivity index (χ1) is 4.43. The Labute approximate surface area is 54.6 Å². The van der Waals surface area contributed by atoms with Gasteiger partial charge in [-0.3, -0.25) is 0 Å². The van der Waals surface area contributed by atoms with E-state index in [-0.39, 0.29) is 5.92 Å². The van der Waals surface area contributed by atoms with Crippen LogP contribution in [0.15, 0.2) is 5.16 Å². The Hall–Kier alpha value is -0.970. The second-order valence-electron chi connectivity index (χ2n) is 2.08. The normalized spacial score (nSPS) is 25.6. The molecule has 2 heteroatoms. The average Bonchev–Trinajstić information content (AvgIpc) is 1.91. The van der Waals surface area contributed by atoms with Gasteiger partial charge in [-0.1, -0.05) is 5.92 Å². The zero-order valence-electron chi connectivity index (χ0n) is 5.17. The first-order valence-corrected chi connectivity index (χ1v) is 3.09. The van der Waals surface area contributed by atoms with Gasteiger partial charge in [0.2, 0.25) is 0 Å². The molecule has 1 aliphatic rings. The van der Waals surface area contributed by atoms with Crippen LogP contribution in [-0.2, 0) is 0 Å². The maximum atomic E-state index is 8.12. The van der Waals surface area contributed by atoms with Crippen molar-refractivity contribution in [2.24, 2.45) is 11.1 Å². The molecule has 0 saturated carbocycles. The van der Waals surface area contributed by atoms with Gasteiger partial charge in [0.15, 0.2) is 0 Å². The molecular formula is C7H9NO. The molecule has 0 radical (unpaired) electrons. The van der Waals surface area contributed by atoms with Crippen LogP contribution in [0.2, 0.25) is 0 Å². The Morgan fingerprint density at radius 3 is 3.11 bits per heavy atom. The van der Waals surface area contributed by atoms with E-state index in [1.807, 2.05) is 0 Å². The van der Waals surface area contributed by atoms with Crippen LogP contribution in [0.3, 0.4) is 0 Å². The van der Waals surface area contributed by atoms with Gasteiger partial charge in [-0.05, 0) is 12.8 Å². The summed E-state index contributed by atoms with van der Waals surface area (Å²) in [5, 5.41) is 11.1. The first-order valence-electron chi connectivity index (χ1n) is 3.09. The number of hydrogen-bond acceptors (Lipinski definition) is 2. The Morgan fingerprint density at radius 2 is 2.56 bits per heavy atom. The van der Waals surface area contributed by atoms with Crippen molar-refractivity contribution in [2.45, 2.75) is 19.3 Å². The van der Waals surface area contributed by atoms with Crippen LogP contribution in [0.1, 0.15) is 19.3 Å². The highest BCUT2D eigenvalue weighted by Crippen LogP contribution is 2.09. The molecule has 0 bridgehead atoms. The Kier molecular flexibility index (Phi) is 2.14. The van der Waals surface area contributed by atoms with Gasteiger partial charge in [0.25, 0.3) is 0 Å². The number of rotatable bonds is 1. The van der Waals surface area contributed by atoms with Crippen molar-refractivity contribution in [1.82, 2.24) is 0 Å². The highest BCUT2D eigenvalue weighted by atomic mass is 16.4. The van der Waals surface area contributed by atoms with E-state index in [1.54, 1.807) is 0 Å². The third kappa shape index (κ3) is 1.77. The fourth-order valence-corrected chi connectivity index (χ4v) is 0.878. The lowest BCUT2D eigenvalue weighted by Gasteiger charge is -2.04. The minimum absolute atomic E-state index is 0.198. The van der Waals surface area contributed by atoms with Crippen molar-refractivity contribution in [3.63, 3.8) is 0 Å². The summed E-state index contributed by atoms with van der Waals surface area (Å²) >= 11 is 0. The highest BCUT2D eigenvalue weighted by Gasteiger charge is 2.03. The van der Waals surface area contributed by atoms with Gasteiger partial charge < -0.3 is 5.21 Å². The third-order valence-corrected chi connectivity index (χ3v) is 1.35. The molecule has 0 aromatic carbocycles. The molecule has 0 heterocycles. The third-order valence-electron chi connectivity index (χ3n) is 1.35. The summed E-state index contributed by atoms with van der Waals surface area (Å²) in [5.74, 6) is 6.13. The maximum Gasteiger partial charge on any atom is 0.0589 e. The lowest BCUT2D eigenvalue weighted by atomic mass is 10.00. The molecule has 1 N–H and O–H groups in total. The minimum Gasteiger partial charge on any atom is -0.411 e. The molecule has 1 unspecified atom stereocenters. The zero-order chi connectivity index (χ0) is 6.53. The van der Waals surface area contributed by atoms with E-state index in [0.717, 1.165) is 19.3 Å². The molecule has 0 aliphatic heterocycles. The van der Waals surface area contributed by atoms with Crippen molar-refractivity contribution >= 4 is 6.21 Å². The van der Waals surface area contributed by atoms with E-state index in [1.165, 1.54) is 6.21 Å². The Morgan fingerprint density at radius 1 is 1.67 bits per heavy atom. The van der Waals surface area contributed by atoms with Crippen LogP contribution in [0.4, 0.5) is 0 Å². The van der Waals surface area contributed by atoms with E-state index in [2.05, 4.69) is 17.0 Å². The molecule has 1 aliphatic carbocycles. The van der Waals surface area contributed by atoms with Gasteiger partial charge in [0.1, 0.15) is 0 Å². The predicted molar refractivity (Wildman–Crippen MR) is 35.4 cm³/mol. The SMILES string of the molecule is ON=CC1C#CCCC1. The molecule has 0 aromatic rings. The summed E-state index contributed by atoms with van der Waals surface area (Å²) in [4.78, 5) is 0. The molecule has 0 amide bonds. The van der Waals surface area contributed by atoms with Crippen molar-refractivity contribution < 1.29 is 5.21 Å². The van der Waals surface area contributed by atoms with Gasteiger partial charge in [-0.2, -0.15) is 0 Å². The molecule has 0 aromatic heterocycles. The largest absolute Gasteiger partial charge is 0.411 e. The van der Waals surface area contributed by atoms with Gasteiger partial charge >= 0.3 is 0 Å². The summed E-state index contributed by atoms with van der Waals surface area (Å²) in [6.07, 6.45) is 4.66. The van der Waals surface area contributed by atoms with Crippen LogP contribution in [0.25, 0.3) is 0 Å². The van der Waals surface area contributed by atoms with Crippen LogP contribution in [0.5, 0.6) is 0 Å². The molecular weight excluding hydrogens is 114 g/mol. The number of nitrogens with zero attached hydrogens (tertiary/aromatic N) is 1. The van der Waals surface area contributed by atoms with Gasteiger partial charge in [-0.15, -0.1) is 11.1 Å². The summed E-state index contributed by atoms with van der Waals surface area (Å²) in [6.45, 7) is 0. The van der Waals surface area contributed by atoms with Gasteiger partial charge in [0, 0.05) is 6.42 Å². The summed E-state index contributed by atoms with van der Waals surface area (Å²) in [6, 6.07) is 0. The molecule has 0 fully saturated rings. The van der Waals surface area contributed by atoms with E-state index < -0.39 is 0 Å². The maximum absolute atomic E-state index is 8.12. The van der Waals surface area contributed by atoms with E-state index in [9.17, 15) is 0 Å². The van der Waals surface area contributed by atoms with E-state index in [4.69, 9.17) is 5.21 Å². The fourth-order valence-electron chi connectivity index (χ4n) is 0.878. The molecule has 0 spiro atoms.